The van der Waals surface area contributed by atoms with Crippen molar-refractivity contribution in [2.75, 3.05) is 18.0 Å². The maximum atomic E-state index is 14.2. The van der Waals surface area contributed by atoms with Gasteiger partial charge in [-0.3, -0.25) is 9.69 Å². The molecule has 37 heavy (non-hydrogen) atoms. The molecule has 1 aliphatic rings. The number of rotatable bonds is 6. The first-order valence-corrected chi connectivity index (χ1v) is 13.8. The highest BCUT2D eigenvalue weighted by Crippen LogP contribution is 2.33. The molecule has 2 heterocycles. The number of hydrogen-bond acceptors (Lipinski definition) is 5. The standard InChI is InChI=1S/C26H22F3N3O3S2/c27-19-7-9-24(21(29)14-19)37(34,35)31-12-10-18(11-13-31)25(33)32(16-17-4-2-1-3-5-17)26-30-22-8-6-20(28)15-23(22)36-26/h1-9,14-15,18H,10-13,16H2. The van der Waals surface area contributed by atoms with Gasteiger partial charge in [-0.25, -0.2) is 26.6 Å². The lowest BCUT2D eigenvalue weighted by atomic mass is 9.96. The van der Waals surface area contributed by atoms with Crippen LogP contribution in [0.25, 0.3) is 10.2 Å². The molecule has 1 aliphatic heterocycles. The Bertz CT molecular complexity index is 1550. The van der Waals surface area contributed by atoms with Gasteiger partial charge in [-0.15, -0.1) is 0 Å². The lowest BCUT2D eigenvalue weighted by Gasteiger charge is -2.33. The van der Waals surface area contributed by atoms with E-state index in [0.29, 0.717) is 21.4 Å². The van der Waals surface area contributed by atoms with E-state index >= 15 is 0 Å². The van der Waals surface area contributed by atoms with Crippen molar-refractivity contribution in [1.29, 1.82) is 0 Å². The molecule has 5 rings (SSSR count). The first kappa shape index (κ1) is 25.4. The van der Waals surface area contributed by atoms with E-state index in [4.69, 9.17) is 0 Å². The number of carbonyl (C=O) groups is 1. The molecule has 6 nitrogen and oxygen atoms in total. The van der Waals surface area contributed by atoms with Crippen LogP contribution in [0.4, 0.5) is 18.3 Å². The van der Waals surface area contributed by atoms with Crippen LogP contribution in [0.15, 0.2) is 71.6 Å². The molecule has 0 saturated carbocycles. The van der Waals surface area contributed by atoms with Crippen molar-refractivity contribution in [3.63, 3.8) is 0 Å². The van der Waals surface area contributed by atoms with Crippen LogP contribution in [0, 0.1) is 23.4 Å². The number of fused-ring (bicyclic) bond motifs is 1. The molecular formula is C26H22F3N3O3S2. The molecule has 0 unspecified atom stereocenters. The van der Waals surface area contributed by atoms with E-state index < -0.39 is 38.3 Å². The number of amides is 1. The Kier molecular flexibility index (Phi) is 7.02. The number of hydrogen-bond donors (Lipinski definition) is 0. The van der Waals surface area contributed by atoms with Gasteiger partial charge >= 0.3 is 0 Å². The summed E-state index contributed by atoms with van der Waals surface area (Å²) in [5.74, 6) is -3.11. The molecular weight excluding hydrogens is 523 g/mol. The highest BCUT2D eigenvalue weighted by molar-refractivity contribution is 7.89. The van der Waals surface area contributed by atoms with Crippen molar-refractivity contribution in [3.05, 3.63) is 89.7 Å². The molecule has 4 aromatic rings. The molecule has 1 amide bonds. The second kappa shape index (κ2) is 10.2. The van der Waals surface area contributed by atoms with E-state index in [1.807, 2.05) is 30.3 Å². The maximum absolute atomic E-state index is 14.2. The van der Waals surface area contributed by atoms with Gasteiger partial charge in [-0.1, -0.05) is 41.7 Å². The van der Waals surface area contributed by atoms with Gasteiger partial charge < -0.3 is 0 Å². The van der Waals surface area contributed by atoms with Crippen molar-refractivity contribution in [1.82, 2.24) is 9.29 Å². The minimum Gasteiger partial charge on any atom is -0.283 e. The molecule has 192 valence electrons. The SMILES string of the molecule is O=C(C1CCN(S(=O)(=O)c2ccc(F)cc2F)CC1)N(Cc1ccccc1)c1nc2ccc(F)cc2s1. The molecule has 0 atom stereocenters. The fourth-order valence-electron chi connectivity index (χ4n) is 4.39. The van der Waals surface area contributed by atoms with E-state index in [1.54, 1.807) is 11.0 Å². The van der Waals surface area contributed by atoms with Gasteiger partial charge in [-0.2, -0.15) is 4.31 Å². The van der Waals surface area contributed by atoms with Crippen molar-refractivity contribution < 1.29 is 26.4 Å². The summed E-state index contributed by atoms with van der Waals surface area (Å²) in [7, 11) is -4.18. The minimum absolute atomic E-state index is 0.0137. The van der Waals surface area contributed by atoms with Crippen LogP contribution in [-0.4, -0.2) is 36.7 Å². The lowest BCUT2D eigenvalue weighted by molar-refractivity contribution is -0.123. The summed E-state index contributed by atoms with van der Waals surface area (Å²) in [5, 5.41) is 0.429. The fraction of sp³-hybridized carbons (Fsp3) is 0.231. The maximum Gasteiger partial charge on any atom is 0.245 e. The average molecular weight is 546 g/mol. The number of sulfonamides is 1. The highest BCUT2D eigenvalue weighted by Gasteiger charge is 2.36. The summed E-state index contributed by atoms with van der Waals surface area (Å²) < 4.78 is 68.8. The molecule has 0 bridgehead atoms. The van der Waals surface area contributed by atoms with E-state index in [2.05, 4.69) is 4.98 Å². The first-order valence-electron chi connectivity index (χ1n) is 11.6. The number of benzene rings is 3. The first-order chi connectivity index (χ1) is 17.7. The van der Waals surface area contributed by atoms with Crippen LogP contribution in [0.3, 0.4) is 0 Å². The third-order valence-electron chi connectivity index (χ3n) is 6.33. The van der Waals surface area contributed by atoms with Crippen LogP contribution in [-0.2, 0) is 21.4 Å². The number of halogens is 3. The second-order valence-corrected chi connectivity index (χ2v) is 11.7. The van der Waals surface area contributed by atoms with Crippen LogP contribution in [0.1, 0.15) is 18.4 Å². The summed E-state index contributed by atoms with van der Waals surface area (Å²) >= 11 is 1.21. The third kappa shape index (κ3) is 5.25. The number of carbonyl (C=O) groups excluding carboxylic acids is 1. The van der Waals surface area contributed by atoms with Gasteiger partial charge in [0.15, 0.2) is 5.13 Å². The molecule has 0 aliphatic carbocycles. The fourth-order valence-corrected chi connectivity index (χ4v) is 6.90. The normalized spacial score (nSPS) is 15.2. The van der Waals surface area contributed by atoms with E-state index in [0.717, 1.165) is 22.0 Å². The zero-order chi connectivity index (χ0) is 26.2. The molecule has 1 fully saturated rings. The summed E-state index contributed by atoms with van der Waals surface area (Å²) in [4.78, 5) is 19.2. The Morgan fingerprint density at radius 2 is 1.65 bits per heavy atom. The van der Waals surface area contributed by atoms with E-state index in [-0.39, 0.29) is 38.4 Å². The van der Waals surface area contributed by atoms with Crippen LogP contribution >= 0.6 is 11.3 Å². The number of piperidine rings is 1. The van der Waals surface area contributed by atoms with Crippen LogP contribution in [0.2, 0.25) is 0 Å². The van der Waals surface area contributed by atoms with Gasteiger partial charge in [0.25, 0.3) is 0 Å². The van der Waals surface area contributed by atoms with Gasteiger partial charge in [0.1, 0.15) is 22.3 Å². The Balaban J connectivity index is 1.37. The Labute approximate surface area is 216 Å². The molecule has 0 spiro atoms. The molecule has 1 saturated heterocycles. The Morgan fingerprint density at radius 1 is 0.973 bits per heavy atom. The van der Waals surface area contributed by atoms with E-state index in [9.17, 15) is 26.4 Å². The van der Waals surface area contributed by atoms with E-state index in [1.165, 1.54) is 23.5 Å². The molecule has 0 N–H and O–H groups in total. The molecule has 3 aromatic carbocycles. The van der Waals surface area contributed by atoms with Crippen molar-refractivity contribution in [2.45, 2.75) is 24.3 Å². The van der Waals surface area contributed by atoms with Crippen LogP contribution < -0.4 is 4.90 Å². The van der Waals surface area contributed by atoms with Crippen molar-refractivity contribution >= 4 is 42.6 Å². The second-order valence-electron chi connectivity index (χ2n) is 8.77. The summed E-state index contributed by atoms with van der Waals surface area (Å²) in [6, 6.07) is 16.0. The van der Waals surface area contributed by atoms with Gasteiger partial charge in [0.2, 0.25) is 15.9 Å². The lowest BCUT2D eigenvalue weighted by Crippen LogP contribution is -2.44. The molecule has 11 heteroatoms. The Morgan fingerprint density at radius 3 is 2.35 bits per heavy atom. The smallest absolute Gasteiger partial charge is 0.245 e. The quantitative estimate of drug-likeness (QED) is 0.328. The average Bonchev–Trinajstić information content (AvgIpc) is 3.30. The predicted octanol–water partition coefficient (Wildman–Crippen LogP) is 5.35. The minimum atomic E-state index is -4.18. The topological polar surface area (TPSA) is 70.6 Å². The number of nitrogens with zero attached hydrogens (tertiary/aromatic N) is 3. The predicted molar refractivity (Wildman–Crippen MR) is 135 cm³/mol. The number of aromatic nitrogens is 1. The van der Waals surface area contributed by atoms with Gasteiger partial charge in [0, 0.05) is 25.1 Å². The highest BCUT2D eigenvalue weighted by atomic mass is 32.2. The summed E-state index contributed by atoms with van der Waals surface area (Å²) in [5.41, 5.74) is 1.46. The summed E-state index contributed by atoms with van der Waals surface area (Å²) in [6.45, 7) is 0.279. The third-order valence-corrected chi connectivity index (χ3v) is 9.31. The number of thiazole rings is 1. The monoisotopic (exact) mass is 545 g/mol. The largest absolute Gasteiger partial charge is 0.283 e. The zero-order valence-corrected chi connectivity index (χ0v) is 21.1. The van der Waals surface area contributed by atoms with Gasteiger partial charge in [-0.05, 0) is 48.7 Å². The molecule has 0 radical (unpaired) electrons. The van der Waals surface area contributed by atoms with Crippen molar-refractivity contribution in [2.24, 2.45) is 5.92 Å². The van der Waals surface area contributed by atoms with Crippen molar-refractivity contribution in [3.8, 4) is 0 Å². The van der Waals surface area contributed by atoms with Crippen LogP contribution in [0.5, 0.6) is 0 Å². The summed E-state index contributed by atoms with van der Waals surface area (Å²) in [6.07, 6.45) is 0.456. The van der Waals surface area contributed by atoms with Gasteiger partial charge in [0.05, 0.1) is 16.8 Å². The zero-order valence-electron chi connectivity index (χ0n) is 19.5. The Hall–Kier alpha value is -3.28. The number of anilines is 1. The molecule has 1 aromatic heterocycles.